The molecule has 0 rings (SSSR count). The Kier molecular flexibility index (Phi) is 59.4. The van der Waals surface area contributed by atoms with Crippen LogP contribution in [0.1, 0.15) is 271 Å². The van der Waals surface area contributed by atoms with Crippen LogP contribution in [-0.4, -0.2) is 37.2 Å². The highest BCUT2D eigenvalue weighted by Crippen LogP contribution is 2.15. The molecule has 0 amide bonds. The van der Waals surface area contributed by atoms with Gasteiger partial charge >= 0.3 is 17.9 Å². The van der Waals surface area contributed by atoms with E-state index in [1.165, 1.54) is 96.3 Å². The van der Waals surface area contributed by atoms with Crippen molar-refractivity contribution in [2.24, 2.45) is 0 Å². The molecule has 6 heteroatoms. The second-order valence-electron chi connectivity index (χ2n) is 20.2. The van der Waals surface area contributed by atoms with Crippen LogP contribution in [0.3, 0.4) is 0 Å². The van der Waals surface area contributed by atoms with Crippen LogP contribution < -0.4 is 0 Å². The molecule has 0 N–H and O–H groups in total. The quantitative estimate of drug-likeness (QED) is 0.0261. The summed E-state index contributed by atoms with van der Waals surface area (Å²) in [6.07, 6.45) is 88.9. The number of rotatable bonds is 55. The minimum Gasteiger partial charge on any atom is -0.462 e. The van der Waals surface area contributed by atoms with Gasteiger partial charge in [-0.1, -0.05) is 270 Å². The summed E-state index contributed by atoms with van der Waals surface area (Å²) in [6, 6.07) is 0. The van der Waals surface area contributed by atoms with E-state index in [4.69, 9.17) is 14.2 Å². The van der Waals surface area contributed by atoms with Gasteiger partial charge in [0.2, 0.25) is 0 Å². The molecule has 0 aromatic heterocycles. The maximum Gasteiger partial charge on any atom is 0.306 e. The van der Waals surface area contributed by atoms with Crippen molar-refractivity contribution >= 4 is 17.9 Å². The fourth-order valence-corrected chi connectivity index (χ4v) is 8.22. The van der Waals surface area contributed by atoms with Gasteiger partial charge in [-0.15, -0.1) is 0 Å². The first-order valence-corrected chi connectivity index (χ1v) is 31.2. The van der Waals surface area contributed by atoms with Crippen molar-refractivity contribution in [1.82, 2.24) is 0 Å². The highest BCUT2D eigenvalue weighted by atomic mass is 16.6. The molecule has 0 saturated heterocycles. The smallest absolute Gasteiger partial charge is 0.306 e. The number of unbranched alkanes of at least 4 members (excludes halogenated alkanes) is 22. The summed E-state index contributed by atoms with van der Waals surface area (Å²) in [5.41, 5.74) is 0. The average Bonchev–Trinajstić information content (AvgIpc) is 3.42. The maximum atomic E-state index is 12.8. The zero-order valence-corrected chi connectivity index (χ0v) is 49.2. The van der Waals surface area contributed by atoms with Crippen molar-refractivity contribution in [3.05, 3.63) is 134 Å². The third-order valence-electron chi connectivity index (χ3n) is 12.9. The summed E-state index contributed by atoms with van der Waals surface area (Å²) in [5, 5.41) is 0. The number of hydrogen-bond acceptors (Lipinski definition) is 6. The highest BCUT2D eigenvalue weighted by molar-refractivity contribution is 5.71. The third kappa shape index (κ3) is 60.4. The molecule has 76 heavy (non-hydrogen) atoms. The van der Waals surface area contributed by atoms with Gasteiger partial charge in [-0.2, -0.15) is 0 Å². The maximum absolute atomic E-state index is 12.8. The van der Waals surface area contributed by atoms with Crippen LogP contribution >= 0.6 is 0 Å². The van der Waals surface area contributed by atoms with E-state index in [1.807, 2.05) is 0 Å². The first kappa shape index (κ1) is 71.5. The molecule has 1 atom stereocenters. The van der Waals surface area contributed by atoms with Crippen LogP contribution in [-0.2, 0) is 28.6 Å². The van der Waals surface area contributed by atoms with Crippen LogP contribution in [0.2, 0.25) is 0 Å². The molecule has 0 bridgehead atoms. The Labute approximate surface area is 468 Å². The number of carbonyl (C=O) groups is 3. The fourth-order valence-electron chi connectivity index (χ4n) is 8.22. The molecule has 0 radical (unpaired) electrons. The van der Waals surface area contributed by atoms with E-state index >= 15 is 0 Å². The molecule has 0 saturated carbocycles. The molecule has 430 valence electrons. The molecule has 1 unspecified atom stereocenters. The molecule has 0 aromatic rings. The monoisotopic (exact) mass is 1050 g/mol. The minimum atomic E-state index is -0.801. The standard InChI is InChI=1S/C70H114O6/c1-4-7-10-13-16-19-22-24-26-27-28-29-30-31-32-33-34-35-36-37-38-39-40-41-42-43-44-46-48-51-54-57-60-63-69(72)75-66-67(65-74-68(71)62-59-56-53-50-47-21-18-15-12-9-6-3)76-70(73)64-61-58-55-52-49-45-25-23-20-17-14-11-8-5-2/h7,10,15-16,18-19,24,26,28-29,31-32,34-35,37-38,40-41,43-44,48,51,67H,4-6,8-9,11-14,17,20-23,25,27,30,33,36,39,42,45-47,49-50,52-66H2,1-3H3/b10-7-,18-15-,19-16-,26-24-,29-28-,32-31-,35-34-,38-37-,41-40-,44-43-,51-48-. The Morgan fingerprint density at radius 1 is 0.276 bits per heavy atom. The number of allylic oxidation sites excluding steroid dienone is 22. The van der Waals surface area contributed by atoms with Crippen LogP contribution in [0.5, 0.6) is 0 Å². The topological polar surface area (TPSA) is 78.9 Å². The van der Waals surface area contributed by atoms with Gasteiger partial charge < -0.3 is 14.2 Å². The third-order valence-corrected chi connectivity index (χ3v) is 12.9. The number of carbonyl (C=O) groups excluding carboxylic acids is 3. The van der Waals surface area contributed by atoms with Gasteiger partial charge in [0.15, 0.2) is 6.10 Å². The Morgan fingerprint density at radius 2 is 0.526 bits per heavy atom. The SMILES string of the molecule is CC/C=C\C/C=C\C/C=C\C/C=C\C/C=C\C/C=C\C/C=C\C/C=C\C/C=C\C/C=C\CCCCC(=O)OCC(COC(=O)CCCCCCC/C=C\CCCC)OC(=O)CCCCCCCCCCCCCCCC. The lowest BCUT2D eigenvalue weighted by molar-refractivity contribution is -0.167. The predicted molar refractivity (Wildman–Crippen MR) is 329 cm³/mol. The highest BCUT2D eigenvalue weighted by Gasteiger charge is 2.19. The van der Waals surface area contributed by atoms with Gasteiger partial charge in [0.05, 0.1) is 0 Å². The van der Waals surface area contributed by atoms with Gasteiger partial charge in [0, 0.05) is 19.3 Å². The zero-order valence-electron chi connectivity index (χ0n) is 49.2. The van der Waals surface area contributed by atoms with Gasteiger partial charge in [0.25, 0.3) is 0 Å². The van der Waals surface area contributed by atoms with Crippen molar-refractivity contribution in [2.45, 2.75) is 277 Å². The Morgan fingerprint density at radius 3 is 0.882 bits per heavy atom. The second kappa shape index (κ2) is 63.1. The van der Waals surface area contributed by atoms with Crippen LogP contribution in [0.15, 0.2) is 134 Å². The lowest BCUT2D eigenvalue weighted by Crippen LogP contribution is -2.30. The number of ether oxygens (including phenoxy) is 3. The van der Waals surface area contributed by atoms with E-state index in [0.717, 1.165) is 128 Å². The fraction of sp³-hybridized carbons (Fsp3) is 0.643. The molecule has 0 aliphatic rings. The summed E-state index contributed by atoms with van der Waals surface area (Å²) >= 11 is 0. The molecule has 0 aromatic carbocycles. The van der Waals surface area contributed by atoms with Gasteiger partial charge in [-0.25, -0.2) is 0 Å². The molecule has 0 fully saturated rings. The van der Waals surface area contributed by atoms with Crippen molar-refractivity contribution in [3.8, 4) is 0 Å². The summed E-state index contributed by atoms with van der Waals surface area (Å²) in [6.45, 7) is 6.44. The van der Waals surface area contributed by atoms with Crippen molar-refractivity contribution in [1.29, 1.82) is 0 Å². The number of hydrogen-bond donors (Lipinski definition) is 0. The van der Waals surface area contributed by atoms with E-state index in [1.54, 1.807) is 0 Å². The first-order chi connectivity index (χ1) is 37.5. The zero-order chi connectivity index (χ0) is 55.0. The van der Waals surface area contributed by atoms with Crippen LogP contribution in [0.25, 0.3) is 0 Å². The van der Waals surface area contributed by atoms with Crippen molar-refractivity contribution in [2.75, 3.05) is 13.2 Å². The molecular formula is C70H114O6. The summed E-state index contributed by atoms with van der Waals surface area (Å²) in [7, 11) is 0. The Bertz CT molecular complexity index is 1630. The molecule has 0 heterocycles. The molecule has 0 spiro atoms. The largest absolute Gasteiger partial charge is 0.462 e. The van der Waals surface area contributed by atoms with Gasteiger partial charge in [-0.3, -0.25) is 14.4 Å². The molecule has 6 nitrogen and oxygen atoms in total. The predicted octanol–water partition coefficient (Wildman–Crippen LogP) is 21.4. The van der Waals surface area contributed by atoms with Gasteiger partial charge in [0.1, 0.15) is 13.2 Å². The number of esters is 3. The van der Waals surface area contributed by atoms with E-state index in [9.17, 15) is 14.4 Å². The lowest BCUT2D eigenvalue weighted by Gasteiger charge is -2.18. The Balaban J connectivity index is 4.33. The summed E-state index contributed by atoms with van der Waals surface area (Å²) in [5.74, 6) is -0.951. The second-order valence-corrected chi connectivity index (χ2v) is 20.2. The van der Waals surface area contributed by atoms with E-state index < -0.39 is 6.10 Å². The van der Waals surface area contributed by atoms with Crippen LogP contribution in [0.4, 0.5) is 0 Å². The molecular weight excluding hydrogens is 937 g/mol. The van der Waals surface area contributed by atoms with Crippen molar-refractivity contribution < 1.29 is 28.6 Å². The lowest BCUT2D eigenvalue weighted by atomic mass is 10.0. The van der Waals surface area contributed by atoms with E-state index in [2.05, 4.69) is 154 Å². The molecule has 0 aliphatic heterocycles. The van der Waals surface area contributed by atoms with Crippen LogP contribution in [0, 0.1) is 0 Å². The normalized spacial score (nSPS) is 13.0. The first-order valence-electron chi connectivity index (χ1n) is 31.2. The van der Waals surface area contributed by atoms with Gasteiger partial charge in [-0.05, 0) is 116 Å². The van der Waals surface area contributed by atoms with E-state index in [-0.39, 0.29) is 31.1 Å². The van der Waals surface area contributed by atoms with Crippen molar-refractivity contribution in [3.63, 3.8) is 0 Å². The minimum absolute atomic E-state index is 0.0971. The van der Waals surface area contributed by atoms with E-state index in [0.29, 0.717) is 25.7 Å². The summed E-state index contributed by atoms with van der Waals surface area (Å²) in [4.78, 5) is 38.1. The summed E-state index contributed by atoms with van der Waals surface area (Å²) < 4.78 is 16.8. The molecule has 0 aliphatic carbocycles. The Hall–Kier alpha value is -4.45. The average molecular weight is 1050 g/mol.